The van der Waals surface area contributed by atoms with E-state index in [0.717, 1.165) is 25.7 Å². The first kappa shape index (κ1) is 13.9. The van der Waals surface area contributed by atoms with Crippen molar-refractivity contribution in [3.05, 3.63) is 0 Å². The zero-order valence-electron chi connectivity index (χ0n) is 11.1. The topological polar surface area (TPSA) is 21.7 Å². The number of piperidine rings is 1. The molecule has 0 saturated carbocycles. The Morgan fingerprint density at radius 1 is 1.19 bits per heavy atom. The van der Waals surface area contributed by atoms with Crippen molar-refractivity contribution in [1.29, 1.82) is 0 Å². The molecule has 0 unspecified atom stereocenters. The van der Waals surface area contributed by atoms with Crippen LogP contribution in [0.3, 0.4) is 0 Å². The molecule has 0 N–H and O–H groups in total. The van der Waals surface area contributed by atoms with Gasteiger partial charge >= 0.3 is 0 Å². The van der Waals surface area contributed by atoms with Crippen molar-refractivity contribution in [3.63, 3.8) is 0 Å². The molecule has 0 amide bonds. The van der Waals surface area contributed by atoms with Crippen LogP contribution in [0.2, 0.25) is 0 Å². The van der Waals surface area contributed by atoms with Crippen molar-refractivity contribution in [1.82, 2.24) is 4.90 Å². The van der Waals surface area contributed by atoms with Gasteiger partial charge < -0.3 is 14.4 Å². The number of ether oxygens (including phenoxy) is 2. The van der Waals surface area contributed by atoms with Crippen molar-refractivity contribution in [2.75, 3.05) is 39.5 Å². The minimum Gasteiger partial charge on any atom is -0.379 e. The molecule has 0 atom stereocenters. The average Bonchev–Trinajstić information content (AvgIpc) is 2.29. The van der Waals surface area contributed by atoms with Crippen LogP contribution in [-0.2, 0) is 9.47 Å². The van der Waals surface area contributed by atoms with E-state index in [4.69, 9.17) is 9.47 Å². The fourth-order valence-electron chi connectivity index (χ4n) is 2.06. The van der Waals surface area contributed by atoms with Gasteiger partial charge in [-0.25, -0.2) is 0 Å². The summed E-state index contributed by atoms with van der Waals surface area (Å²) in [6.45, 7) is 12.4. The van der Waals surface area contributed by atoms with Crippen LogP contribution >= 0.6 is 0 Å². The molecule has 1 rings (SSSR count). The fourth-order valence-corrected chi connectivity index (χ4v) is 2.06. The molecule has 0 aromatic carbocycles. The summed E-state index contributed by atoms with van der Waals surface area (Å²) in [6.07, 6.45) is 2.90. The van der Waals surface area contributed by atoms with Gasteiger partial charge in [0.2, 0.25) is 0 Å². The van der Waals surface area contributed by atoms with Gasteiger partial charge in [0, 0.05) is 6.61 Å². The summed E-state index contributed by atoms with van der Waals surface area (Å²) in [7, 11) is 0. The first-order chi connectivity index (χ1) is 7.72. The van der Waals surface area contributed by atoms with E-state index in [1.807, 2.05) is 0 Å². The number of nitrogens with zero attached hydrogens (tertiary/aromatic N) is 1. The molecule has 1 fully saturated rings. The maximum atomic E-state index is 5.65. The average molecular weight is 229 g/mol. The Morgan fingerprint density at radius 3 is 2.44 bits per heavy atom. The summed E-state index contributed by atoms with van der Waals surface area (Å²) in [5, 5.41) is 0. The molecule has 1 aliphatic rings. The van der Waals surface area contributed by atoms with Crippen LogP contribution in [0.5, 0.6) is 0 Å². The third-order valence-corrected chi connectivity index (χ3v) is 3.19. The highest BCUT2D eigenvalue weighted by atomic mass is 16.5. The second kappa shape index (κ2) is 8.04. The first-order valence-corrected chi connectivity index (χ1v) is 6.64. The van der Waals surface area contributed by atoms with Crippen LogP contribution in [-0.4, -0.2) is 50.5 Å². The molecule has 0 radical (unpaired) electrons. The zero-order chi connectivity index (χ0) is 11.8. The standard InChI is InChI=1S/C13H27NO2/c1-4-14-7-5-13(6-8-14)11-15-9-10-16-12(2)3/h12-13H,4-11H2,1-3H3. The Hall–Kier alpha value is -0.120. The van der Waals surface area contributed by atoms with Crippen molar-refractivity contribution in [2.24, 2.45) is 5.92 Å². The van der Waals surface area contributed by atoms with E-state index < -0.39 is 0 Å². The van der Waals surface area contributed by atoms with Crippen LogP contribution in [0.25, 0.3) is 0 Å². The van der Waals surface area contributed by atoms with E-state index in [-0.39, 0.29) is 0 Å². The molecule has 1 heterocycles. The second-order valence-electron chi connectivity index (χ2n) is 4.87. The Labute approximate surface area is 100 Å². The summed E-state index contributed by atoms with van der Waals surface area (Å²) >= 11 is 0. The van der Waals surface area contributed by atoms with Gasteiger partial charge in [0.1, 0.15) is 0 Å². The Morgan fingerprint density at radius 2 is 1.88 bits per heavy atom. The summed E-state index contributed by atoms with van der Waals surface area (Å²) in [5.41, 5.74) is 0. The first-order valence-electron chi connectivity index (χ1n) is 6.64. The third kappa shape index (κ3) is 5.83. The highest BCUT2D eigenvalue weighted by molar-refractivity contribution is 4.70. The fraction of sp³-hybridized carbons (Fsp3) is 1.00. The summed E-state index contributed by atoms with van der Waals surface area (Å²) in [6, 6.07) is 0. The zero-order valence-corrected chi connectivity index (χ0v) is 11.1. The van der Waals surface area contributed by atoms with E-state index in [1.165, 1.54) is 32.5 Å². The highest BCUT2D eigenvalue weighted by Gasteiger charge is 2.17. The van der Waals surface area contributed by atoms with Gasteiger partial charge in [-0.1, -0.05) is 6.92 Å². The number of rotatable bonds is 7. The van der Waals surface area contributed by atoms with E-state index in [1.54, 1.807) is 0 Å². The van der Waals surface area contributed by atoms with E-state index in [0.29, 0.717) is 6.10 Å². The monoisotopic (exact) mass is 229 g/mol. The molecule has 1 saturated heterocycles. The molecule has 96 valence electrons. The quantitative estimate of drug-likeness (QED) is 0.624. The van der Waals surface area contributed by atoms with E-state index in [9.17, 15) is 0 Å². The lowest BCUT2D eigenvalue weighted by Crippen LogP contribution is -2.35. The molecular formula is C13H27NO2. The van der Waals surface area contributed by atoms with Crippen LogP contribution in [0.4, 0.5) is 0 Å². The van der Waals surface area contributed by atoms with E-state index >= 15 is 0 Å². The predicted molar refractivity (Wildman–Crippen MR) is 66.7 cm³/mol. The molecule has 0 aromatic heterocycles. The van der Waals surface area contributed by atoms with Crippen LogP contribution in [0.1, 0.15) is 33.6 Å². The Kier molecular flexibility index (Phi) is 7.01. The summed E-state index contributed by atoms with van der Waals surface area (Å²) in [4.78, 5) is 2.51. The van der Waals surface area contributed by atoms with Crippen molar-refractivity contribution in [2.45, 2.75) is 39.7 Å². The number of hydrogen-bond acceptors (Lipinski definition) is 3. The second-order valence-corrected chi connectivity index (χ2v) is 4.87. The van der Waals surface area contributed by atoms with Gasteiger partial charge in [-0.2, -0.15) is 0 Å². The lowest BCUT2D eigenvalue weighted by atomic mass is 9.98. The number of hydrogen-bond donors (Lipinski definition) is 0. The molecule has 0 aromatic rings. The lowest BCUT2D eigenvalue weighted by Gasteiger charge is -2.30. The maximum absolute atomic E-state index is 5.65. The Balaban J connectivity index is 1.94. The molecule has 16 heavy (non-hydrogen) atoms. The smallest absolute Gasteiger partial charge is 0.0703 e. The summed E-state index contributed by atoms with van der Waals surface area (Å²) in [5.74, 6) is 0.766. The van der Waals surface area contributed by atoms with Crippen molar-refractivity contribution >= 4 is 0 Å². The summed E-state index contributed by atoms with van der Waals surface area (Å²) < 4.78 is 11.1. The van der Waals surface area contributed by atoms with Gasteiger partial charge in [-0.15, -0.1) is 0 Å². The highest BCUT2D eigenvalue weighted by Crippen LogP contribution is 2.16. The van der Waals surface area contributed by atoms with Gasteiger partial charge in [-0.3, -0.25) is 0 Å². The predicted octanol–water partition coefficient (Wildman–Crippen LogP) is 2.16. The molecule has 1 aliphatic heterocycles. The largest absolute Gasteiger partial charge is 0.379 e. The maximum Gasteiger partial charge on any atom is 0.0703 e. The minimum absolute atomic E-state index is 0.316. The molecule has 0 aliphatic carbocycles. The van der Waals surface area contributed by atoms with Crippen LogP contribution in [0.15, 0.2) is 0 Å². The van der Waals surface area contributed by atoms with E-state index in [2.05, 4.69) is 25.7 Å². The normalized spacial score (nSPS) is 19.5. The van der Waals surface area contributed by atoms with Crippen molar-refractivity contribution < 1.29 is 9.47 Å². The number of likely N-dealkylation sites (tertiary alicyclic amines) is 1. The van der Waals surface area contributed by atoms with Crippen LogP contribution < -0.4 is 0 Å². The molecular weight excluding hydrogens is 202 g/mol. The SMILES string of the molecule is CCN1CCC(COCCOC(C)C)CC1. The third-order valence-electron chi connectivity index (χ3n) is 3.19. The van der Waals surface area contributed by atoms with Gasteiger partial charge in [0.05, 0.1) is 19.3 Å². The lowest BCUT2D eigenvalue weighted by molar-refractivity contribution is 0.00254. The molecule has 3 nitrogen and oxygen atoms in total. The van der Waals surface area contributed by atoms with Gasteiger partial charge in [-0.05, 0) is 52.2 Å². The minimum atomic E-state index is 0.316. The molecule has 3 heteroatoms. The van der Waals surface area contributed by atoms with Crippen molar-refractivity contribution in [3.8, 4) is 0 Å². The Bertz CT molecular complexity index is 165. The van der Waals surface area contributed by atoms with Gasteiger partial charge in [0.25, 0.3) is 0 Å². The van der Waals surface area contributed by atoms with Crippen LogP contribution in [0, 0.1) is 5.92 Å². The van der Waals surface area contributed by atoms with Gasteiger partial charge in [0.15, 0.2) is 0 Å². The molecule has 0 spiro atoms. The molecule has 0 bridgehead atoms.